The fraction of sp³-hybridized carbons (Fsp3) is 0.353. The van der Waals surface area contributed by atoms with Crippen molar-refractivity contribution in [2.75, 3.05) is 19.6 Å². The summed E-state index contributed by atoms with van der Waals surface area (Å²) in [5.41, 5.74) is 2.71. The fourth-order valence-electron chi connectivity index (χ4n) is 2.92. The average molecular weight is 353 g/mol. The minimum Gasteiger partial charge on any atom is -0.337 e. The number of rotatable bonds is 4. The van der Waals surface area contributed by atoms with Crippen LogP contribution in [0, 0.1) is 13.8 Å². The Morgan fingerprint density at radius 3 is 2.88 bits per heavy atom. The van der Waals surface area contributed by atoms with Crippen molar-refractivity contribution in [3.8, 4) is 17.2 Å². The molecule has 4 rings (SSSR count). The molecular weight excluding hydrogens is 334 g/mol. The Balaban J connectivity index is 1.50. The number of carbonyl (C=O) groups is 1. The van der Waals surface area contributed by atoms with Crippen molar-refractivity contribution >= 4 is 5.91 Å². The van der Waals surface area contributed by atoms with Gasteiger partial charge in [-0.15, -0.1) is 0 Å². The van der Waals surface area contributed by atoms with Crippen molar-refractivity contribution in [1.29, 1.82) is 0 Å². The molecule has 3 aromatic rings. The standard InChI is InChI=1S/C17H19N7O2/c1-11-7-12(2)24(21-11)14-4-3-13(8-19-14)17-20-15(26-22-17)10-23-6-5-18-9-16(23)25/h3-4,7-8,18H,5-6,9-10H2,1-2H3. The number of carbonyl (C=O) groups excluding carboxylic acids is 1. The number of pyridine rings is 1. The van der Waals surface area contributed by atoms with Gasteiger partial charge in [-0.1, -0.05) is 5.16 Å². The van der Waals surface area contributed by atoms with Gasteiger partial charge in [0, 0.05) is 30.5 Å². The number of piperazine rings is 1. The predicted octanol–water partition coefficient (Wildman–Crippen LogP) is 0.866. The van der Waals surface area contributed by atoms with Gasteiger partial charge in [-0.25, -0.2) is 9.67 Å². The molecule has 0 radical (unpaired) electrons. The van der Waals surface area contributed by atoms with Crippen LogP contribution in [0.3, 0.4) is 0 Å². The molecule has 134 valence electrons. The number of nitrogens with one attached hydrogen (secondary N) is 1. The summed E-state index contributed by atoms with van der Waals surface area (Å²) in [7, 11) is 0. The second-order valence-corrected chi connectivity index (χ2v) is 6.25. The van der Waals surface area contributed by atoms with Gasteiger partial charge >= 0.3 is 0 Å². The second-order valence-electron chi connectivity index (χ2n) is 6.25. The molecule has 3 aromatic heterocycles. The summed E-state index contributed by atoms with van der Waals surface area (Å²) < 4.78 is 7.08. The van der Waals surface area contributed by atoms with Crippen molar-refractivity contribution in [2.24, 2.45) is 0 Å². The van der Waals surface area contributed by atoms with Gasteiger partial charge in [0.05, 0.1) is 12.2 Å². The number of aromatic nitrogens is 5. The van der Waals surface area contributed by atoms with Crippen LogP contribution >= 0.6 is 0 Å². The lowest BCUT2D eigenvalue weighted by Crippen LogP contribution is -2.47. The molecule has 1 aliphatic heterocycles. The SMILES string of the molecule is Cc1cc(C)n(-c2ccc(-c3noc(CN4CCNCC4=O)n3)cn2)n1. The van der Waals surface area contributed by atoms with Gasteiger partial charge < -0.3 is 14.7 Å². The van der Waals surface area contributed by atoms with Gasteiger partial charge in [-0.2, -0.15) is 10.1 Å². The summed E-state index contributed by atoms with van der Waals surface area (Å²) in [4.78, 5) is 22.4. The zero-order valence-corrected chi connectivity index (χ0v) is 14.6. The van der Waals surface area contributed by atoms with Crippen LogP contribution in [0.2, 0.25) is 0 Å². The fourth-order valence-corrected chi connectivity index (χ4v) is 2.92. The molecule has 4 heterocycles. The lowest BCUT2D eigenvalue weighted by molar-refractivity contribution is -0.132. The maximum absolute atomic E-state index is 11.8. The second kappa shape index (κ2) is 6.68. The van der Waals surface area contributed by atoms with Crippen LogP contribution in [-0.2, 0) is 11.3 Å². The first-order valence-electron chi connectivity index (χ1n) is 8.41. The molecule has 0 aliphatic carbocycles. The van der Waals surface area contributed by atoms with Crippen LogP contribution in [0.15, 0.2) is 28.9 Å². The Hall–Kier alpha value is -3.07. The van der Waals surface area contributed by atoms with E-state index in [0.29, 0.717) is 31.3 Å². The number of aryl methyl sites for hydroxylation is 2. The van der Waals surface area contributed by atoms with Crippen LogP contribution in [0.1, 0.15) is 17.3 Å². The van der Waals surface area contributed by atoms with Crippen LogP contribution in [-0.4, -0.2) is 55.3 Å². The number of hydrogen-bond acceptors (Lipinski definition) is 7. The Labute approximate surface area is 150 Å². The zero-order valence-electron chi connectivity index (χ0n) is 14.6. The highest BCUT2D eigenvalue weighted by Crippen LogP contribution is 2.18. The molecule has 0 saturated carbocycles. The smallest absolute Gasteiger partial charge is 0.246 e. The third-order valence-electron chi connectivity index (χ3n) is 4.21. The van der Waals surface area contributed by atoms with Gasteiger partial charge in [0.25, 0.3) is 0 Å². The molecule has 0 atom stereocenters. The monoisotopic (exact) mass is 353 g/mol. The summed E-state index contributed by atoms with van der Waals surface area (Å²) in [6.45, 7) is 6.00. The Bertz CT molecular complexity index is 929. The van der Waals surface area contributed by atoms with Crippen LogP contribution < -0.4 is 5.32 Å². The number of nitrogens with zero attached hydrogens (tertiary/aromatic N) is 6. The van der Waals surface area contributed by atoms with E-state index in [1.54, 1.807) is 15.8 Å². The molecule has 0 bridgehead atoms. The summed E-state index contributed by atoms with van der Waals surface area (Å²) in [5.74, 6) is 1.63. The van der Waals surface area contributed by atoms with E-state index in [1.807, 2.05) is 32.0 Å². The molecule has 1 N–H and O–H groups in total. The molecule has 26 heavy (non-hydrogen) atoms. The highest BCUT2D eigenvalue weighted by molar-refractivity contribution is 5.78. The van der Waals surface area contributed by atoms with Gasteiger partial charge in [0.1, 0.15) is 6.54 Å². The van der Waals surface area contributed by atoms with E-state index in [9.17, 15) is 4.79 Å². The molecule has 1 aliphatic rings. The predicted molar refractivity (Wildman–Crippen MR) is 92.4 cm³/mol. The molecular formula is C17H19N7O2. The molecule has 0 spiro atoms. The normalized spacial score (nSPS) is 14.8. The van der Waals surface area contributed by atoms with Gasteiger partial charge in [0.2, 0.25) is 17.6 Å². The first-order chi connectivity index (χ1) is 12.6. The lowest BCUT2D eigenvalue weighted by Gasteiger charge is -2.25. The molecule has 1 fully saturated rings. The lowest BCUT2D eigenvalue weighted by atomic mass is 10.2. The van der Waals surface area contributed by atoms with E-state index >= 15 is 0 Å². The van der Waals surface area contributed by atoms with Crippen molar-refractivity contribution in [3.05, 3.63) is 41.7 Å². The van der Waals surface area contributed by atoms with Crippen LogP contribution in [0.5, 0.6) is 0 Å². The van der Waals surface area contributed by atoms with E-state index in [4.69, 9.17) is 4.52 Å². The van der Waals surface area contributed by atoms with Crippen LogP contribution in [0.25, 0.3) is 17.2 Å². The molecule has 9 nitrogen and oxygen atoms in total. The summed E-state index contributed by atoms with van der Waals surface area (Å²) >= 11 is 0. The zero-order chi connectivity index (χ0) is 18.1. The summed E-state index contributed by atoms with van der Waals surface area (Å²) in [6, 6.07) is 5.74. The Morgan fingerprint density at radius 2 is 2.19 bits per heavy atom. The van der Waals surface area contributed by atoms with E-state index in [0.717, 1.165) is 29.3 Å². The molecule has 0 aromatic carbocycles. The third-order valence-corrected chi connectivity index (χ3v) is 4.21. The average Bonchev–Trinajstić information content (AvgIpc) is 3.23. The first kappa shape index (κ1) is 16.4. The Kier molecular flexibility index (Phi) is 4.21. The first-order valence-corrected chi connectivity index (χ1v) is 8.41. The Morgan fingerprint density at radius 1 is 1.31 bits per heavy atom. The van der Waals surface area contributed by atoms with E-state index in [1.165, 1.54) is 0 Å². The minimum absolute atomic E-state index is 0.0342. The van der Waals surface area contributed by atoms with E-state index in [-0.39, 0.29) is 5.91 Å². The van der Waals surface area contributed by atoms with Crippen molar-refractivity contribution in [1.82, 2.24) is 35.1 Å². The number of amides is 1. The van der Waals surface area contributed by atoms with Gasteiger partial charge in [-0.05, 0) is 32.0 Å². The molecule has 1 amide bonds. The van der Waals surface area contributed by atoms with Crippen molar-refractivity contribution in [2.45, 2.75) is 20.4 Å². The third kappa shape index (κ3) is 3.21. The maximum atomic E-state index is 11.8. The highest BCUT2D eigenvalue weighted by Gasteiger charge is 2.20. The molecule has 9 heteroatoms. The topological polar surface area (TPSA) is 102 Å². The van der Waals surface area contributed by atoms with Crippen LogP contribution in [0.4, 0.5) is 0 Å². The van der Waals surface area contributed by atoms with Crippen molar-refractivity contribution in [3.63, 3.8) is 0 Å². The molecule has 1 saturated heterocycles. The number of hydrogen-bond donors (Lipinski definition) is 1. The maximum Gasteiger partial charge on any atom is 0.246 e. The minimum atomic E-state index is 0.0342. The largest absolute Gasteiger partial charge is 0.337 e. The summed E-state index contributed by atoms with van der Waals surface area (Å²) in [5, 5.41) is 11.5. The quantitative estimate of drug-likeness (QED) is 0.742. The van der Waals surface area contributed by atoms with E-state index < -0.39 is 0 Å². The highest BCUT2D eigenvalue weighted by atomic mass is 16.5. The molecule has 0 unspecified atom stereocenters. The van der Waals surface area contributed by atoms with Gasteiger partial charge in [-0.3, -0.25) is 4.79 Å². The van der Waals surface area contributed by atoms with Crippen molar-refractivity contribution < 1.29 is 9.32 Å². The van der Waals surface area contributed by atoms with E-state index in [2.05, 4.69) is 25.5 Å². The summed E-state index contributed by atoms with van der Waals surface area (Å²) in [6.07, 6.45) is 1.69. The van der Waals surface area contributed by atoms with Gasteiger partial charge in [0.15, 0.2) is 5.82 Å².